The van der Waals surface area contributed by atoms with Gasteiger partial charge in [0.1, 0.15) is 18.1 Å². The molecule has 2 saturated heterocycles. The highest BCUT2D eigenvalue weighted by molar-refractivity contribution is 8.18. The number of likely N-dealkylation sites (tertiary alicyclic amines) is 1. The van der Waals surface area contributed by atoms with Gasteiger partial charge in [-0.15, -0.1) is 0 Å². The van der Waals surface area contributed by atoms with Gasteiger partial charge in [0.2, 0.25) is 5.91 Å². The van der Waals surface area contributed by atoms with Crippen LogP contribution < -0.4 is 0 Å². The molecule has 0 radical (unpaired) electrons. The van der Waals surface area contributed by atoms with E-state index < -0.39 is 16.1 Å². The third-order valence-corrected chi connectivity index (χ3v) is 6.77. The van der Waals surface area contributed by atoms with Gasteiger partial charge in [-0.3, -0.25) is 29.4 Å². The van der Waals surface area contributed by atoms with Crippen LogP contribution in [0.25, 0.3) is 17.4 Å². The van der Waals surface area contributed by atoms with E-state index in [9.17, 15) is 24.5 Å². The van der Waals surface area contributed by atoms with Gasteiger partial charge in [-0.2, -0.15) is 0 Å². The lowest BCUT2D eigenvalue weighted by Gasteiger charge is -2.31. The van der Waals surface area contributed by atoms with Gasteiger partial charge in [0, 0.05) is 30.3 Å². The molecule has 2 aromatic rings. The summed E-state index contributed by atoms with van der Waals surface area (Å²) in [5.41, 5.74) is 0.0212. The van der Waals surface area contributed by atoms with Crippen LogP contribution in [0.1, 0.15) is 25.5 Å². The number of furan rings is 1. The molecule has 3 amide bonds. The molecule has 33 heavy (non-hydrogen) atoms. The summed E-state index contributed by atoms with van der Waals surface area (Å²) in [5.74, 6) is 0.205. The summed E-state index contributed by atoms with van der Waals surface area (Å²) in [6.45, 7) is 3.08. The molecule has 9 nitrogen and oxygen atoms in total. The summed E-state index contributed by atoms with van der Waals surface area (Å²) in [4.78, 5) is 51.2. The number of rotatable bonds is 5. The number of nitro benzene ring substituents is 1. The number of piperidine rings is 1. The average molecular weight is 490 g/mol. The SMILES string of the molecule is CC1CCN(C(=O)CN2C(=O)S/C(=C/c3ccc(-c4ccc(Cl)cc4[N+](=O)[O-])o3)C2=O)CC1. The van der Waals surface area contributed by atoms with Crippen molar-refractivity contribution in [1.82, 2.24) is 9.80 Å². The van der Waals surface area contributed by atoms with Gasteiger partial charge in [-0.05, 0) is 54.8 Å². The van der Waals surface area contributed by atoms with Crippen molar-refractivity contribution in [3.05, 3.63) is 56.1 Å². The molecule has 0 unspecified atom stereocenters. The number of carbonyl (C=O) groups excluding carboxylic acids is 3. The van der Waals surface area contributed by atoms with Crippen molar-refractivity contribution in [2.24, 2.45) is 5.92 Å². The lowest BCUT2D eigenvalue weighted by Crippen LogP contribution is -2.45. The number of hydrogen-bond donors (Lipinski definition) is 0. The summed E-state index contributed by atoms with van der Waals surface area (Å²) >= 11 is 6.58. The van der Waals surface area contributed by atoms with E-state index in [1.807, 2.05) is 0 Å². The van der Waals surface area contributed by atoms with Crippen LogP contribution in [0.5, 0.6) is 0 Å². The maximum Gasteiger partial charge on any atom is 0.294 e. The van der Waals surface area contributed by atoms with Crippen molar-refractivity contribution in [2.75, 3.05) is 19.6 Å². The number of amides is 3. The summed E-state index contributed by atoms with van der Waals surface area (Å²) in [6, 6.07) is 7.29. The van der Waals surface area contributed by atoms with Gasteiger partial charge in [0.15, 0.2) is 0 Å². The first-order valence-electron chi connectivity index (χ1n) is 10.3. The Labute approximate surface area is 198 Å². The van der Waals surface area contributed by atoms with Crippen molar-refractivity contribution in [3.8, 4) is 11.3 Å². The van der Waals surface area contributed by atoms with Gasteiger partial charge in [-0.25, -0.2) is 0 Å². The highest BCUT2D eigenvalue weighted by atomic mass is 35.5. The van der Waals surface area contributed by atoms with Crippen molar-refractivity contribution in [2.45, 2.75) is 19.8 Å². The van der Waals surface area contributed by atoms with E-state index in [4.69, 9.17) is 16.0 Å². The first kappa shape index (κ1) is 23.1. The minimum Gasteiger partial charge on any atom is -0.456 e. The monoisotopic (exact) mass is 489 g/mol. The predicted molar refractivity (Wildman–Crippen MR) is 123 cm³/mol. The minimum absolute atomic E-state index is 0.117. The maximum atomic E-state index is 12.7. The van der Waals surface area contributed by atoms with E-state index in [0.717, 1.165) is 29.5 Å². The fraction of sp³-hybridized carbons (Fsp3) is 0.318. The van der Waals surface area contributed by atoms with E-state index >= 15 is 0 Å². The van der Waals surface area contributed by atoms with Gasteiger partial charge in [0.05, 0.1) is 15.4 Å². The Morgan fingerprint density at radius 3 is 2.70 bits per heavy atom. The molecule has 2 fully saturated rings. The van der Waals surface area contributed by atoms with Crippen molar-refractivity contribution < 1.29 is 23.7 Å². The zero-order valence-electron chi connectivity index (χ0n) is 17.7. The molecule has 3 heterocycles. The lowest BCUT2D eigenvalue weighted by molar-refractivity contribution is -0.384. The number of thioether (sulfide) groups is 1. The maximum absolute atomic E-state index is 12.7. The second-order valence-electron chi connectivity index (χ2n) is 7.95. The fourth-order valence-electron chi connectivity index (χ4n) is 3.70. The molecule has 0 bridgehead atoms. The highest BCUT2D eigenvalue weighted by Gasteiger charge is 2.37. The summed E-state index contributed by atoms with van der Waals surface area (Å²) in [5, 5.41) is 11.0. The van der Waals surface area contributed by atoms with E-state index in [-0.39, 0.29) is 45.2 Å². The topological polar surface area (TPSA) is 114 Å². The van der Waals surface area contributed by atoms with Crippen LogP contribution in [0.2, 0.25) is 5.02 Å². The van der Waals surface area contributed by atoms with E-state index in [2.05, 4.69) is 6.92 Å². The molecule has 1 aromatic heterocycles. The van der Waals surface area contributed by atoms with E-state index in [0.29, 0.717) is 19.0 Å². The molecule has 0 aliphatic carbocycles. The van der Waals surface area contributed by atoms with Crippen LogP contribution in [0, 0.1) is 16.0 Å². The molecular formula is C22H20ClN3O6S. The Balaban J connectivity index is 1.49. The smallest absolute Gasteiger partial charge is 0.294 e. The molecule has 2 aliphatic heterocycles. The second-order valence-corrected chi connectivity index (χ2v) is 9.38. The summed E-state index contributed by atoms with van der Waals surface area (Å²) < 4.78 is 5.67. The van der Waals surface area contributed by atoms with Gasteiger partial charge < -0.3 is 9.32 Å². The Morgan fingerprint density at radius 2 is 2.00 bits per heavy atom. The Kier molecular flexibility index (Phi) is 6.57. The quantitative estimate of drug-likeness (QED) is 0.336. The third kappa shape index (κ3) is 4.96. The minimum atomic E-state index is -0.570. The number of hydrogen-bond acceptors (Lipinski definition) is 7. The molecule has 1 aromatic carbocycles. The first-order chi connectivity index (χ1) is 15.7. The molecule has 0 N–H and O–H groups in total. The molecule has 0 spiro atoms. The Morgan fingerprint density at radius 1 is 1.27 bits per heavy atom. The Bertz CT molecular complexity index is 1170. The van der Waals surface area contributed by atoms with Gasteiger partial charge >= 0.3 is 0 Å². The third-order valence-electron chi connectivity index (χ3n) is 5.63. The van der Waals surface area contributed by atoms with Crippen molar-refractivity contribution in [3.63, 3.8) is 0 Å². The largest absolute Gasteiger partial charge is 0.456 e. The molecule has 0 atom stereocenters. The van der Waals surface area contributed by atoms with Crippen molar-refractivity contribution >= 4 is 52.2 Å². The standard InChI is InChI=1S/C22H20ClN3O6S/c1-13-6-8-24(9-7-13)20(27)12-25-21(28)19(33-22(25)29)11-15-3-5-18(32-15)16-4-2-14(23)10-17(16)26(30)31/h2-5,10-11,13H,6-9,12H2,1H3/b19-11+. The normalized spacial score (nSPS) is 18.4. The zero-order valence-corrected chi connectivity index (χ0v) is 19.2. The van der Waals surface area contributed by atoms with Crippen molar-refractivity contribution in [1.29, 1.82) is 0 Å². The summed E-state index contributed by atoms with van der Waals surface area (Å²) in [7, 11) is 0. The molecule has 11 heteroatoms. The van der Waals surface area contributed by atoms with Gasteiger partial charge in [0.25, 0.3) is 16.8 Å². The number of nitrogens with zero attached hydrogens (tertiary/aromatic N) is 3. The average Bonchev–Trinajstić information content (AvgIpc) is 3.34. The highest BCUT2D eigenvalue weighted by Crippen LogP contribution is 2.36. The van der Waals surface area contributed by atoms with Crippen LogP contribution >= 0.6 is 23.4 Å². The van der Waals surface area contributed by atoms with Crippen LogP contribution in [-0.4, -0.2) is 51.4 Å². The van der Waals surface area contributed by atoms with Crippen LogP contribution in [0.15, 0.2) is 39.7 Å². The first-order valence-corrected chi connectivity index (χ1v) is 11.5. The number of halogens is 1. The zero-order chi connectivity index (χ0) is 23.7. The molecule has 2 aliphatic rings. The molecular weight excluding hydrogens is 470 g/mol. The van der Waals surface area contributed by atoms with E-state index in [1.54, 1.807) is 11.0 Å². The predicted octanol–water partition coefficient (Wildman–Crippen LogP) is 4.80. The summed E-state index contributed by atoms with van der Waals surface area (Å²) in [6.07, 6.45) is 3.20. The number of nitro groups is 1. The molecule has 4 rings (SSSR count). The van der Waals surface area contributed by atoms with Crippen LogP contribution in [0.3, 0.4) is 0 Å². The fourth-order valence-corrected chi connectivity index (χ4v) is 4.68. The Hall–Kier alpha value is -3.11. The van der Waals surface area contributed by atoms with Gasteiger partial charge in [-0.1, -0.05) is 18.5 Å². The molecule has 172 valence electrons. The lowest BCUT2D eigenvalue weighted by atomic mass is 9.99. The number of benzene rings is 1. The van der Waals surface area contributed by atoms with E-state index in [1.165, 1.54) is 30.3 Å². The van der Waals surface area contributed by atoms with Crippen LogP contribution in [-0.2, 0) is 9.59 Å². The number of carbonyl (C=O) groups is 3. The number of imide groups is 1. The second kappa shape index (κ2) is 9.40. The molecule has 0 saturated carbocycles. The van der Waals surface area contributed by atoms with Crippen LogP contribution in [0.4, 0.5) is 10.5 Å².